The maximum Gasteiger partial charge on any atom is 0.338 e. The largest absolute Gasteiger partial charge is 0.478 e. The third-order valence-corrected chi connectivity index (χ3v) is 3.07. The van der Waals surface area contributed by atoms with Gasteiger partial charge < -0.3 is 16.2 Å². The highest BCUT2D eigenvalue weighted by Gasteiger charge is 2.14. The number of benzene rings is 2. The molecule has 2 aromatic carbocycles. The van der Waals surface area contributed by atoms with Crippen LogP contribution < -0.4 is 11.1 Å². The summed E-state index contributed by atoms with van der Waals surface area (Å²) in [4.78, 5) is 23.0. The molecule has 0 bridgehead atoms. The molecule has 0 fully saturated rings. The molecule has 4 N–H and O–H groups in total. The van der Waals surface area contributed by atoms with E-state index < -0.39 is 23.3 Å². The van der Waals surface area contributed by atoms with Crippen molar-refractivity contribution < 1.29 is 19.1 Å². The number of anilines is 2. The lowest BCUT2D eigenvalue weighted by atomic mass is 10.1. The van der Waals surface area contributed by atoms with Crippen LogP contribution >= 0.6 is 0 Å². The molecular weight excluding hydrogens is 275 g/mol. The number of nitrogens with two attached hydrogens (primary N) is 1. The van der Waals surface area contributed by atoms with Crippen molar-refractivity contribution in [1.82, 2.24) is 0 Å². The lowest BCUT2D eigenvalue weighted by molar-refractivity contribution is 0.0691. The predicted molar refractivity (Wildman–Crippen MR) is 76.9 cm³/mol. The van der Waals surface area contributed by atoms with Crippen molar-refractivity contribution in [3.8, 4) is 0 Å². The van der Waals surface area contributed by atoms with Gasteiger partial charge in [0.25, 0.3) is 5.91 Å². The first kappa shape index (κ1) is 14.5. The molecule has 2 aromatic rings. The lowest BCUT2D eigenvalue weighted by Gasteiger charge is -2.10. The average Bonchev–Trinajstić information content (AvgIpc) is 2.43. The van der Waals surface area contributed by atoms with Gasteiger partial charge in [0.1, 0.15) is 5.82 Å². The molecule has 0 aromatic heterocycles. The van der Waals surface area contributed by atoms with Crippen molar-refractivity contribution in [3.63, 3.8) is 0 Å². The van der Waals surface area contributed by atoms with E-state index in [2.05, 4.69) is 5.32 Å². The van der Waals surface area contributed by atoms with E-state index in [1.807, 2.05) is 0 Å². The van der Waals surface area contributed by atoms with E-state index in [4.69, 9.17) is 10.8 Å². The van der Waals surface area contributed by atoms with Gasteiger partial charge in [-0.3, -0.25) is 4.79 Å². The van der Waals surface area contributed by atoms with Crippen molar-refractivity contribution in [3.05, 3.63) is 58.9 Å². The van der Waals surface area contributed by atoms with E-state index in [0.717, 1.165) is 12.1 Å². The zero-order chi connectivity index (χ0) is 15.6. The second-order valence-corrected chi connectivity index (χ2v) is 4.47. The first-order valence-electron chi connectivity index (χ1n) is 6.09. The summed E-state index contributed by atoms with van der Waals surface area (Å²) in [6, 6.07) is 8.27. The smallest absolute Gasteiger partial charge is 0.338 e. The number of carbonyl (C=O) groups is 2. The average molecular weight is 288 g/mol. The Morgan fingerprint density at radius 3 is 2.57 bits per heavy atom. The SMILES string of the molecule is Cc1c(N)cccc1C(=O)Nc1ccc(F)c(C(=O)O)c1. The van der Waals surface area contributed by atoms with Crippen molar-refractivity contribution in [2.45, 2.75) is 6.92 Å². The molecule has 0 radical (unpaired) electrons. The van der Waals surface area contributed by atoms with Gasteiger partial charge in [0.05, 0.1) is 5.56 Å². The van der Waals surface area contributed by atoms with Crippen LogP contribution in [-0.4, -0.2) is 17.0 Å². The Morgan fingerprint density at radius 2 is 1.90 bits per heavy atom. The quantitative estimate of drug-likeness (QED) is 0.757. The third-order valence-electron chi connectivity index (χ3n) is 3.07. The van der Waals surface area contributed by atoms with Crippen LogP contribution in [0.25, 0.3) is 0 Å². The first-order valence-corrected chi connectivity index (χ1v) is 6.09. The maximum absolute atomic E-state index is 13.3. The number of nitrogen functional groups attached to an aromatic ring is 1. The van der Waals surface area contributed by atoms with Gasteiger partial charge in [0.2, 0.25) is 0 Å². The fourth-order valence-electron chi connectivity index (χ4n) is 1.86. The van der Waals surface area contributed by atoms with E-state index in [-0.39, 0.29) is 5.69 Å². The monoisotopic (exact) mass is 288 g/mol. The summed E-state index contributed by atoms with van der Waals surface area (Å²) in [7, 11) is 0. The minimum Gasteiger partial charge on any atom is -0.478 e. The summed E-state index contributed by atoms with van der Waals surface area (Å²) >= 11 is 0. The molecule has 108 valence electrons. The Balaban J connectivity index is 2.30. The molecular formula is C15H13FN2O3. The van der Waals surface area contributed by atoms with Crippen molar-refractivity contribution in [2.24, 2.45) is 0 Å². The summed E-state index contributed by atoms with van der Waals surface area (Å²) in [6.45, 7) is 1.71. The van der Waals surface area contributed by atoms with Crippen LogP contribution in [0.3, 0.4) is 0 Å². The van der Waals surface area contributed by atoms with Gasteiger partial charge in [-0.1, -0.05) is 6.07 Å². The van der Waals surface area contributed by atoms with Gasteiger partial charge in [-0.15, -0.1) is 0 Å². The summed E-state index contributed by atoms with van der Waals surface area (Å²) in [6.07, 6.45) is 0. The van der Waals surface area contributed by atoms with Gasteiger partial charge in [-0.05, 0) is 42.8 Å². The van der Waals surface area contributed by atoms with Crippen LogP contribution in [0.5, 0.6) is 0 Å². The van der Waals surface area contributed by atoms with Crippen LogP contribution in [0.4, 0.5) is 15.8 Å². The number of halogens is 1. The van der Waals surface area contributed by atoms with Gasteiger partial charge in [0, 0.05) is 16.9 Å². The number of carboxylic acid groups (broad SMARTS) is 1. The second kappa shape index (κ2) is 5.62. The molecule has 0 heterocycles. The summed E-state index contributed by atoms with van der Waals surface area (Å²) < 4.78 is 13.3. The number of carboxylic acids is 1. The number of aromatic carboxylic acids is 1. The molecule has 0 aliphatic rings. The zero-order valence-electron chi connectivity index (χ0n) is 11.2. The van der Waals surface area contributed by atoms with Crippen LogP contribution in [0.1, 0.15) is 26.3 Å². The van der Waals surface area contributed by atoms with E-state index >= 15 is 0 Å². The highest BCUT2D eigenvalue weighted by molar-refractivity contribution is 6.06. The lowest BCUT2D eigenvalue weighted by Crippen LogP contribution is -2.15. The number of carbonyl (C=O) groups excluding carboxylic acids is 1. The minimum absolute atomic E-state index is 0.195. The van der Waals surface area contributed by atoms with Gasteiger partial charge in [-0.2, -0.15) is 0 Å². The standard InChI is InChI=1S/C15H13FN2O3/c1-8-10(3-2-4-13(8)17)14(19)18-9-5-6-12(16)11(7-9)15(20)21/h2-7H,17H2,1H3,(H,18,19)(H,20,21). The van der Waals surface area contributed by atoms with Gasteiger partial charge in [-0.25, -0.2) is 9.18 Å². The number of rotatable bonds is 3. The zero-order valence-corrected chi connectivity index (χ0v) is 11.2. The molecule has 1 amide bonds. The Morgan fingerprint density at radius 1 is 1.19 bits per heavy atom. The molecule has 2 rings (SSSR count). The van der Waals surface area contributed by atoms with Crippen LogP contribution in [0.2, 0.25) is 0 Å². The van der Waals surface area contributed by atoms with Gasteiger partial charge in [0.15, 0.2) is 0 Å². The Labute approximate surface area is 120 Å². The molecule has 5 nitrogen and oxygen atoms in total. The molecule has 0 aliphatic heterocycles. The fraction of sp³-hybridized carbons (Fsp3) is 0.0667. The molecule has 0 unspecified atom stereocenters. The van der Waals surface area contributed by atoms with Gasteiger partial charge >= 0.3 is 5.97 Å². The van der Waals surface area contributed by atoms with Crippen LogP contribution in [0, 0.1) is 12.7 Å². The highest BCUT2D eigenvalue weighted by atomic mass is 19.1. The Bertz CT molecular complexity index is 729. The van der Waals surface area contributed by atoms with E-state index in [1.54, 1.807) is 25.1 Å². The molecule has 0 saturated heterocycles. The van der Waals surface area contributed by atoms with E-state index in [9.17, 15) is 14.0 Å². The molecule has 0 atom stereocenters. The fourth-order valence-corrected chi connectivity index (χ4v) is 1.86. The molecule has 6 heteroatoms. The highest BCUT2D eigenvalue weighted by Crippen LogP contribution is 2.19. The molecule has 21 heavy (non-hydrogen) atoms. The normalized spacial score (nSPS) is 10.2. The molecule has 0 saturated carbocycles. The van der Waals surface area contributed by atoms with E-state index in [1.165, 1.54) is 6.07 Å². The number of hydrogen-bond donors (Lipinski definition) is 3. The number of nitrogens with one attached hydrogen (secondary N) is 1. The number of hydrogen-bond acceptors (Lipinski definition) is 3. The maximum atomic E-state index is 13.3. The topological polar surface area (TPSA) is 92.4 Å². The van der Waals surface area contributed by atoms with E-state index in [0.29, 0.717) is 16.8 Å². The second-order valence-electron chi connectivity index (χ2n) is 4.47. The van der Waals surface area contributed by atoms with Crippen molar-refractivity contribution in [2.75, 3.05) is 11.1 Å². The Hall–Kier alpha value is -2.89. The molecule has 0 aliphatic carbocycles. The van der Waals surface area contributed by atoms with Crippen molar-refractivity contribution >= 4 is 23.3 Å². The summed E-state index contributed by atoms with van der Waals surface area (Å²) in [5.74, 6) is -2.70. The first-order chi connectivity index (χ1) is 9.90. The predicted octanol–water partition coefficient (Wildman–Crippen LogP) is 2.67. The number of amides is 1. The summed E-state index contributed by atoms with van der Waals surface area (Å²) in [5.41, 5.74) is 6.89. The third kappa shape index (κ3) is 3.00. The van der Waals surface area contributed by atoms with Crippen LogP contribution in [0.15, 0.2) is 36.4 Å². The summed E-state index contributed by atoms with van der Waals surface area (Å²) in [5, 5.41) is 11.4. The van der Waals surface area contributed by atoms with Crippen LogP contribution in [-0.2, 0) is 0 Å². The minimum atomic E-state index is -1.40. The Kier molecular flexibility index (Phi) is 3.89. The molecule has 0 spiro atoms. The van der Waals surface area contributed by atoms with Crippen molar-refractivity contribution in [1.29, 1.82) is 0 Å².